The third-order valence-electron chi connectivity index (χ3n) is 3.30. The molecular weight excluding hydrogens is 298 g/mol. The number of pyridine rings is 2. The topological polar surface area (TPSA) is 78.3 Å². The Morgan fingerprint density at radius 3 is 2.73 bits per heavy atom. The van der Waals surface area contributed by atoms with Gasteiger partial charge in [-0.1, -0.05) is 12.2 Å². The van der Waals surface area contributed by atoms with E-state index < -0.39 is 0 Å². The van der Waals surface area contributed by atoms with Crippen LogP contribution in [0.4, 0.5) is 0 Å². The van der Waals surface area contributed by atoms with Gasteiger partial charge in [-0.15, -0.1) is 0 Å². The van der Waals surface area contributed by atoms with E-state index in [0.29, 0.717) is 35.1 Å². The van der Waals surface area contributed by atoms with Gasteiger partial charge in [-0.25, -0.2) is 9.50 Å². The first-order chi connectivity index (χ1) is 10.7. The van der Waals surface area contributed by atoms with Crippen molar-refractivity contribution in [3.8, 4) is 11.3 Å². The van der Waals surface area contributed by atoms with Gasteiger partial charge in [0.05, 0.1) is 17.9 Å². The summed E-state index contributed by atoms with van der Waals surface area (Å²) in [5.74, 6) is 0.695. The zero-order chi connectivity index (χ0) is 15.5. The van der Waals surface area contributed by atoms with Crippen molar-refractivity contribution in [1.29, 1.82) is 0 Å². The van der Waals surface area contributed by atoms with Gasteiger partial charge in [0.1, 0.15) is 4.99 Å². The van der Waals surface area contributed by atoms with Crippen LogP contribution in [0, 0.1) is 0 Å². The molecule has 0 fully saturated rings. The molecule has 3 rings (SSSR count). The monoisotopic (exact) mass is 313 g/mol. The van der Waals surface area contributed by atoms with Crippen molar-refractivity contribution in [2.45, 2.75) is 6.42 Å². The van der Waals surface area contributed by atoms with Gasteiger partial charge in [-0.2, -0.15) is 5.10 Å². The summed E-state index contributed by atoms with van der Waals surface area (Å²) in [6, 6.07) is 7.66. The lowest BCUT2D eigenvalue weighted by Crippen LogP contribution is -2.12. The van der Waals surface area contributed by atoms with Crippen LogP contribution in [-0.4, -0.2) is 38.3 Å². The van der Waals surface area contributed by atoms with E-state index in [1.807, 2.05) is 24.3 Å². The molecule has 0 radical (unpaired) electrons. The van der Waals surface area contributed by atoms with E-state index in [1.54, 1.807) is 24.0 Å². The second-order valence-corrected chi connectivity index (χ2v) is 5.18. The summed E-state index contributed by atoms with van der Waals surface area (Å²) in [6.07, 6.45) is 4.11. The first-order valence-electron chi connectivity index (χ1n) is 6.78. The smallest absolute Gasteiger partial charge is 0.166 e. The predicted molar refractivity (Wildman–Crippen MR) is 87.7 cm³/mol. The maximum atomic E-state index is 5.79. The van der Waals surface area contributed by atoms with Crippen molar-refractivity contribution >= 4 is 22.9 Å². The molecule has 0 saturated heterocycles. The molecule has 0 bridgehead atoms. The number of fused-ring (bicyclic) bond motifs is 1. The Labute approximate surface area is 133 Å². The molecule has 0 aliphatic heterocycles. The summed E-state index contributed by atoms with van der Waals surface area (Å²) >= 11 is 5.11. The van der Waals surface area contributed by atoms with Crippen molar-refractivity contribution in [3.05, 3.63) is 48.0 Å². The molecule has 0 atom stereocenters. The summed E-state index contributed by atoms with van der Waals surface area (Å²) in [5.41, 5.74) is 9.07. The van der Waals surface area contributed by atoms with E-state index >= 15 is 0 Å². The molecule has 3 aromatic rings. The molecule has 0 spiro atoms. The first-order valence-corrected chi connectivity index (χ1v) is 7.19. The number of ether oxygens (including phenoxy) is 1. The number of aromatic nitrogens is 4. The number of thiocarbonyl (C=S) groups is 1. The third-order valence-corrected chi connectivity index (χ3v) is 3.52. The number of nitrogens with two attached hydrogens (primary N) is 1. The average Bonchev–Trinajstić information content (AvgIpc) is 2.96. The summed E-state index contributed by atoms with van der Waals surface area (Å²) < 4.78 is 6.86. The minimum atomic E-state index is 0.303. The Hall–Kier alpha value is -2.38. The van der Waals surface area contributed by atoms with Crippen LogP contribution < -0.4 is 5.73 Å². The van der Waals surface area contributed by atoms with Crippen LogP contribution in [0.2, 0.25) is 0 Å². The number of nitrogens with zero attached hydrogens (tertiary/aromatic N) is 4. The van der Waals surface area contributed by atoms with Crippen molar-refractivity contribution < 1.29 is 4.74 Å². The van der Waals surface area contributed by atoms with Crippen LogP contribution in [0.1, 0.15) is 11.4 Å². The van der Waals surface area contributed by atoms with Crippen LogP contribution in [-0.2, 0) is 11.2 Å². The van der Waals surface area contributed by atoms with Gasteiger partial charge in [0.2, 0.25) is 0 Å². The van der Waals surface area contributed by atoms with Crippen LogP contribution in [0.25, 0.3) is 16.9 Å². The molecule has 22 heavy (non-hydrogen) atoms. The van der Waals surface area contributed by atoms with Crippen LogP contribution >= 0.6 is 12.2 Å². The highest BCUT2D eigenvalue weighted by Gasteiger charge is 2.14. The van der Waals surface area contributed by atoms with Crippen molar-refractivity contribution in [2.75, 3.05) is 13.7 Å². The first kappa shape index (κ1) is 14.6. The molecular formula is C15H15N5OS. The Kier molecular flexibility index (Phi) is 4.08. The maximum absolute atomic E-state index is 5.79. The molecule has 0 aliphatic carbocycles. The fraction of sp³-hybridized carbons (Fsp3) is 0.200. The fourth-order valence-corrected chi connectivity index (χ4v) is 2.40. The molecule has 0 unspecified atom stereocenters. The van der Waals surface area contributed by atoms with Crippen LogP contribution in [0.15, 0.2) is 36.7 Å². The van der Waals surface area contributed by atoms with Crippen LogP contribution in [0.5, 0.6) is 0 Å². The number of hydrogen-bond donors (Lipinski definition) is 1. The van der Waals surface area contributed by atoms with Gasteiger partial charge in [0, 0.05) is 31.5 Å². The highest BCUT2D eigenvalue weighted by atomic mass is 32.1. The second-order valence-electron chi connectivity index (χ2n) is 4.74. The molecule has 112 valence electrons. The van der Waals surface area contributed by atoms with Gasteiger partial charge < -0.3 is 10.5 Å². The average molecular weight is 313 g/mol. The molecule has 0 aromatic carbocycles. The Morgan fingerprint density at radius 1 is 1.27 bits per heavy atom. The Bertz CT molecular complexity index is 815. The number of rotatable bonds is 5. The van der Waals surface area contributed by atoms with E-state index in [1.165, 1.54) is 0 Å². The molecule has 0 saturated carbocycles. The van der Waals surface area contributed by atoms with E-state index in [-0.39, 0.29) is 0 Å². The zero-order valence-electron chi connectivity index (χ0n) is 12.1. The zero-order valence-corrected chi connectivity index (χ0v) is 12.9. The van der Waals surface area contributed by atoms with Gasteiger partial charge >= 0.3 is 0 Å². The lowest BCUT2D eigenvalue weighted by molar-refractivity contribution is 0.200. The largest absolute Gasteiger partial charge is 0.389 e. The molecule has 0 amide bonds. The lowest BCUT2D eigenvalue weighted by atomic mass is 10.1. The quantitative estimate of drug-likeness (QED) is 0.721. The second kappa shape index (κ2) is 6.17. The standard InChI is InChI=1S/C15H15N5OS/c1-21-9-6-13-18-15-11(14(16)22)2-3-12(20(15)19-13)10-4-7-17-8-5-10/h2-5,7-8H,6,9H2,1H3,(H2,16,22). The Morgan fingerprint density at radius 2 is 2.05 bits per heavy atom. The van der Waals surface area contributed by atoms with Gasteiger partial charge in [0.15, 0.2) is 11.5 Å². The van der Waals surface area contributed by atoms with Gasteiger partial charge in [-0.05, 0) is 24.3 Å². The van der Waals surface area contributed by atoms with Gasteiger partial charge in [-0.3, -0.25) is 4.98 Å². The SMILES string of the molecule is COCCc1nc2c(C(N)=S)ccc(-c3ccncc3)n2n1. The molecule has 6 nitrogen and oxygen atoms in total. The highest BCUT2D eigenvalue weighted by molar-refractivity contribution is 7.80. The number of methoxy groups -OCH3 is 1. The summed E-state index contributed by atoms with van der Waals surface area (Å²) in [7, 11) is 1.65. The Balaban J connectivity index is 2.20. The van der Waals surface area contributed by atoms with E-state index in [0.717, 1.165) is 11.3 Å². The van der Waals surface area contributed by atoms with Crippen LogP contribution in [0.3, 0.4) is 0 Å². The maximum Gasteiger partial charge on any atom is 0.166 e. The molecule has 2 N–H and O–H groups in total. The van der Waals surface area contributed by atoms with E-state index in [2.05, 4.69) is 15.1 Å². The lowest BCUT2D eigenvalue weighted by Gasteiger charge is -2.06. The molecule has 3 heterocycles. The predicted octanol–water partition coefficient (Wildman–Crippen LogP) is 1.61. The highest BCUT2D eigenvalue weighted by Crippen LogP contribution is 2.22. The molecule has 7 heteroatoms. The minimum Gasteiger partial charge on any atom is -0.389 e. The summed E-state index contributed by atoms with van der Waals surface area (Å²) in [4.78, 5) is 8.89. The number of hydrogen-bond acceptors (Lipinski definition) is 5. The molecule has 3 aromatic heterocycles. The summed E-state index contributed by atoms with van der Waals surface area (Å²) in [6.45, 7) is 0.559. The van der Waals surface area contributed by atoms with Crippen molar-refractivity contribution in [2.24, 2.45) is 5.73 Å². The van der Waals surface area contributed by atoms with Crippen molar-refractivity contribution in [1.82, 2.24) is 19.6 Å². The summed E-state index contributed by atoms with van der Waals surface area (Å²) in [5, 5.41) is 4.56. The third kappa shape index (κ3) is 2.68. The molecule has 0 aliphatic rings. The van der Waals surface area contributed by atoms with Gasteiger partial charge in [0.25, 0.3) is 0 Å². The van der Waals surface area contributed by atoms with E-state index in [4.69, 9.17) is 22.7 Å². The fourth-order valence-electron chi connectivity index (χ4n) is 2.24. The minimum absolute atomic E-state index is 0.303. The van der Waals surface area contributed by atoms with Crippen molar-refractivity contribution in [3.63, 3.8) is 0 Å². The van der Waals surface area contributed by atoms with E-state index in [9.17, 15) is 0 Å². The normalized spacial score (nSPS) is 11.0.